The molecule has 0 unspecified atom stereocenters. The Bertz CT molecular complexity index is 583. The highest BCUT2D eigenvalue weighted by Gasteiger charge is 2.52. The lowest BCUT2D eigenvalue weighted by Crippen LogP contribution is -2.70. The van der Waals surface area contributed by atoms with E-state index in [0.29, 0.717) is 31.0 Å². The lowest BCUT2D eigenvalue weighted by Gasteiger charge is -2.51. The Morgan fingerprint density at radius 2 is 1.88 bits per heavy atom. The maximum atomic E-state index is 12.8. The van der Waals surface area contributed by atoms with Gasteiger partial charge in [0.05, 0.1) is 6.61 Å². The Labute approximate surface area is 150 Å². The third-order valence-electron chi connectivity index (χ3n) is 4.35. The number of nitrogens with one attached hydrogen (secondary N) is 2. The van der Waals surface area contributed by atoms with E-state index >= 15 is 0 Å². The van der Waals surface area contributed by atoms with Crippen LogP contribution in [0.2, 0.25) is 5.02 Å². The first-order valence-electron chi connectivity index (χ1n) is 8.54. The van der Waals surface area contributed by atoms with Crippen molar-refractivity contribution in [2.24, 2.45) is 0 Å². The van der Waals surface area contributed by atoms with Gasteiger partial charge in [-0.25, -0.2) is 0 Å². The van der Waals surface area contributed by atoms with Gasteiger partial charge in [0.2, 0.25) is 0 Å². The number of carbonyl (C=O) groups excluding carboxylic acids is 1. The van der Waals surface area contributed by atoms with Gasteiger partial charge in [-0.3, -0.25) is 10.1 Å². The van der Waals surface area contributed by atoms with Crippen LogP contribution in [-0.4, -0.2) is 29.2 Å². The Kier molecular flexibility index (Phi) is 5.63. The Morgan fingerprint density at radius 1 is 1.25 bits per heavy atom. The molecule has 0 atom stereocenters. The zero-order valence-electron chi connectivity index (χ0n) is 15.3. The SMILES string of the molecule is CCOC(=O)C1(NCc2cccc(Cl)c2)CC(C)(C)NC(C)(C)C1. The molecule has 5 heteroatoms. The second-order valence-corrected chi connectivity index (χ2v) is 8.47. The Balaban J connectivity index is 2.28. The Morgan fingerprint density at radius 3 is 2.42 bits per heavy atom. The molecule has 1 fully saturated rings. The molecule has 0 amide bonds. The largest absolute Gasteiger partial charge is 0.465 e. The number of piperidine rings is 1. The lowest BCUT2D eigenvalue weighted by molar-refractivity contribution is -0.156. The molecule has 0 aromatic heterocycles. The summed E-state index contributed by atoms with van der Waals surface area (Å²) in [6, 6.07) is 7.70. The molecule has 0 saturated carbocycles. The van der Waals surface area contributed by atoms with Crippen molar-refractivity contribution in [1.82, 2.24) is 10.6 Å². The van der Waals surface area contributed by atoms with Crippen LogP contribution in [0.1, 0.15) is 53.0 Å². The molecule has 0 aliphatic carbocycles. The second-order valence-electron chi connectivity index (χ2n) is 8.03. The molecule has 0 radical (unpaired) electrons. The topological polar surface area (TPSA) is 50.4 Å². The first kappa shape index (κ1) is 19.2. The average Bonchev–Trinajstić information content (AvgIpc) is 2.42. The molecule has 0 spiro atoms. The number of hydrogen-bond acceptors (Lipinski definition) is 4. The minimum Gasteiger partial charge on any atom is -0.465 e. The van der Waals surface area contributed by atoms with Crippen LogP contribution in [0.4, 0.5) is 0 Å². The van der Waals surface area contributed by atoms with Gasteiger partial charge in [-0.2, -0.15) is 0 Å². The van der Waals surface area contributed by atoms with Gasteiger partial charge in [-0.05, 0) is 65.2 Å². The summed E-state index contributed by atoms with van der Waals surface area (Å²) in [7, 11) is 0. The highest BCUT2D eigenvalue weighted by Crippen LogP contribution is 2.37. The van der Waals surface area contributed by atoms with Crippen molar-refractivity contribution in [1.29, 1.82) is 0 Å². The fraction of sp³-hybridized carbons (Fsp3) is 0.632. The fourth-order valence-electron chi connectivity index (χ4n) is 4.10. The van der Waals surface area contributed by atoms with Crippen LogP contribution < -0.4 is 10.6 Å². The maximum Gasteiger partial charge on any atom is 0.326 e. The van der Waals surface area contributed by atoms with E-state index in [1.165, 1.54) is 0 Å². The highest BCUT2D eigenvalue weighted by molar-refractivity contribution is 6.30. The molecule has 1 aromatic carbocycles. The van der Waals surface area contributed by atoms with Crippen LogP contribution in [0, 0.1) is 0 Å². The normalized spacial score (nSPS) is 21.2. The van der Waals surface area contributed by atoms with E-state index in [2.05, 4.69) is 38.3 Å². The van der Waals surface area contributed by atoms with Crippen LogP contribution in [0.5, 0.6) is 0 Å². The van der Waals surface area contributed by atoms with Crippen molar-refractivity contribution < 1.29 is 9.53 Å². The monoisotopic (exact) mass is 352 g/mol. The summed E-state index contributed by atoms with van der Waals surface area (Å²) in [6.45, 7) is 11.3. The van der Waals surface area contributed by atoms with Crippen molar-refractivity contribution in [2.45, 2.75) is 70.6 Å². The van der Waals surface area contributed by atoms with E-state index in [-0.39, 0.29) is 17.0 Å². The summed E-state index contributed by atoms with van der Waals surface area (Å²) >= 11 is 6.07. The first-order chi connectivity index (χ1) is 11.1. The van der Waals surface area contributed by atoms with Crippen molar-refractivity contribution in [2.75, 3.05) is 6.61 Å². The number of ether oxygens (including phenoxy) is 1. The van der Waals surface area contributed by atoms with Gasteiger partial charge in [0.1, 0.15) is 5.54 Å². The van der Waals surface area contributed by atoms with Crippen LogP contribution in [0.15, 0.2) is 24.3 Å². The highest BCUT2D eigenvalue weighted by atomic mass is 35.5. The number of benzene rings is 1. The smallest absolute Gasteiger partial charge is 0.326 e. The van der Waals surface area contributed by atoms with Crippen LogP contribution >= 0.6 is 11.6 Å². The summed E-state index contributed by atoms with van der Waals surface area (Å²) in [5.74, 6) is -0.172. The molecule has 1 aliphatic rings. The second kappa shape index (κ2) is 7.03. The standard InChI is InChI=1S/C19H29ClN2O2/c1-6-24-16(23)19(12-17(2,3)22-18(4,5)13-19)21-11-14-8-7-9-15(20)10-14/h7-10,21-22H,6,11-13H2,1-5H3. The predicted molar refractivity (Wildman–Crippen MR) is 98.2 cm³/mol. The molecule has 2 rings (SSSR count). The zero-order chi connectivity index (χ0) is 18.0. The molecular formula is C19H29ClN2O2. The molecule has 2 N–H and O–H groups in total. The van der Waals surface area contributed by atoms with Gasteiger partial charge in [0.15, 0.2) is 0 Å². The molecule has 0 bridgehead atoms. The summed E-state index contributed by atoms with van der Waals surface area (Å²) in [5, 5.41) is 7.82. The van der Waals surface area contributed by atoms with Crippen LogP contribution in [0.25, 0.3) is 0 Å². The van der Waals surface area contributed by atoms with E-state index in [1.807, 2.05) is 31.2 Å². The van der Waals surface area contributed by atoms with Crippen LogP contribution in [-0.2, 0) is 16.1 Å². The molecule has 1 saturated heterocycles. The van der Waals surface area contributed by atoms with Gasteiger partial charge < -0.3 is 10.1 Å². The maximum absolute atomic E-state index is 12.8. The van der Waals surface area contributed by atoms with E-state index < -0.39 is 5.54 Å². The fourth-order valence-corrected chi connectivity index (χ4v) is 4.32. The van der Waals surface area contributed by atoms with Crippen molar-refractivity contribution in [3.8, 4) is 0 Å². The number of esters is 1. The van der Waals surface area contributed by atoms with E-state index in [0.717, 1.165) is 5.56 Å². The summed E-state index contributed by atoms with van der Waals surface area (Å²) in [5.41, 5.74) is 0.00254. The average molecular weight is 353 g/mol. The summed E-state index contributed by atoms with van der Waals surface area (Å²) in [4.78, 5) is 12.8. The minimum absolute atomic E-state index is 0.171. The number of rotatable bonds is 5. The predicted octanol–water partition coefficient (Wildman–Crippen LogP) is 3.67. The molecule has 134 valence electrons. The van der Waals surface area contributed by atoms with Crippen LogP contribution in [0.3, 0.4) is 0 Å². The molecule has 1 heterocycles. The van der Waals surface area contributed by atoms with Gasteiger partial charge in [0.25, 0.3) is 0 Å². The van der Waals surface area contributed by atoms with E-state index in [4.69, 9.17) is 16.3 Å². The minimum atomic E-state index is -0.712. The third-order valence-corrected chi connectivity index (χ3v) is 4.59. The summed E-state index contributed by atoms with van der Waals surface area (Å²) < 4.78 is 5.43. The zero-order valence-corrected chi connectivity index (χ0v) is 16.1. The first-order valence-corrected chi connectivity index (χ1v) is 8.91. The number of carbonyl (C=O) groups is 1. The molecule has 4 nitrogen and oxygen atoms in total. The molecule has 24 heavy (non-hydrogen) atoms. The van der Waals surface area contributed by atoms with Crippen molar-refractivity contribution >= 4 is 17.6 Å². The molecular weight excluding hydrogens is 324 g/mol. The van der Waals surface area contributed by atoms with Gasteiger partial charge in [-0.1, -0.05) is 23.7 Å². The lowest BCUT2D eigenvalue weighted by atomic mass is 9.70. The van der Waals surface area contributed by atoms with Gasteiger partial charge >= 0.3 is 5.97 Å². The quantitative estimate of drug-likeness (QED) is 0.794. The van der Waals surface area contributed by atoms with Gasteiger partial charge in [0, 0.05) is 22.6 Å². The molecule has 1 aromatic rings. The number of halogens is 1. The van der Waals surface area contributed by atoms with Gasteiger partial charge in [-0.15, -0.1) is 0 Å². The van der Waals surface area contributed by atoms with E-state index in [9.17, 15) is 4.79 Å². The molecule has 1 aliphatic heterocycles. The Hall–Kier alpha value is -1.10. The van der Waals surface area contributed by atoms with Crippen molar-refractivity contribution in [3.63, 3.8) is 0 Å². The summed E-state index contributed by atoms with van der Waals surface area (Å²) in [6.07, 6.45) is 1.34. The number of hydrogen-bond donors (Lipinski definition) is 2. The third kappa shape index (κ3) is 4.71. The van der Waals surface area contributed by atoms with Crippen molar-refractivity contribution in [3.05, 3.63) is 34.9 Å². The van der Waals surface area contributed by atoms with E-state index in [1.54, 1.807) is 0 Å².